The number of hydrogen-bond acceptors (Lipinski definition) is 3. The highest BCUT2D eigenvalue weighted by molar-refractivity contribution is 5.92. The molecule has 0 aromatic heterocycles. The molecule has 0 aliphatic carbocycles. The minimum Gasteiger partial charge on any atom is -0.366 e. The van der Waals surface area contributed by atoms with E-state index < -0.39 is 5.91 Å². The van der Waals surface area contributed by atoms with Gasteiger partial charge in [-0.25, -0.2) is 0 Å². The maximum absolute atomic E-state index is 12.3. The number of amides is 2. The maximum atomic E-state index is 12.3. The summed E-state index contributed by atoms with van der Waals surface area (Å²) >= 11 is 0. The van der Waals surface area contributed by atoms with Crippen LogP contribution in [0.3, 0.4) is 0 Å². The molecule has 2 aromatic carbocycles. The lowest BCUT2D eigenvalue weighted by molar-refractivity contribution is -0.126. The quantitative estimate of drug-likeness (QED) is 0.894. The third-order valence-corrected chi connectivity index (χ3v) is 4.52. The van der Waals surface area contributed by atoms with E-state index >= 15 is 0 Å². The molecule has 5 heteroatoms. The standard InChI is InChI=1S/C19H21N3O2/c1-21-19(24)17-10-15-4-2-3-5-16(15)12-22(17)11-13-6-8-14(9-7-13)18(20)23/h2-9,17H,10-12H2,1H3,(H2,20,23)(H,21,24). The van der Waals surface area contributed by atoms with Crippen LogP contribution in [0, 0.1) is 0 Å². The van der Waals surface area contributed by atoms with Crippen molar-refractivity contribution in [3.8, 4) is 0 Å². The lowest BCUT2D eigenvalue weighted by Gasteiger charge is -2.35. The molecule has 24 heavy (non-hydrogen) atoms. The normalized spacial score (nSPS) is 17.1. The molecule has 0 fully saturated rings. The second-order valence-corrected chi connectivity index (χ2v) is 6.07. The van der Waals surface area contributed by atoms with Crippen molar-refractivity contribution in [2.45, 2.75) is 25.6 Å². The number of rotatable bonds is 4. The molecule has 0 saturated heterocycles. The monoisotopic (exact) mass is 323 g/mol. The smallest absolute Gasteiger partial charge is 0.248 e. The van der Waals surface area contributed by atoms with Crippen molar-refractivity contribution in [3.63, 3.8) is 0 Å². The van der Waals surface area contributed by atoms with Crippen LogP contribution in [0.15, 0.2) is 48.5 Å². The Hall–Kier alpha value is -2.66. The van der Waals surface area contributed by atoms with Crippen LogP contribution in [-0.4, -0.2) is 29.8 Å². The number of primary amides is 1. The highest BCUT2D eigenvalue weighted by atomic mass is 16.2. The van der Waals surface area contributed by atoms with E-state index in [1.54, 1.807) is 19.2 Å². The highest BCUT2D eigenvalue weighted by Crippen LogP contribution is 2.25. The van der Waals surface area contributed by atoms with Crippen molar-refractivity contribution in [2.75, 3.05) is 7.05 Å². The number of nitrogens with two attached hydrogens (primary N) is 1. The van der Waals surface area contributed by atoms with Gasteiger partial charge in [0.2, 0.25) is 11.8 Å². The zero-order chi connectivity index (χ0) is 17.1. The topological polar surface area (TPSA) is 75.4 Å². The molecule has 0 bridgehead atoms. The number of hydrogen-bond donors (Lipinski definition) is 2. The molecule has 1 heterocycles. The summed E-state index contributed by atoms with van der Waals surface area (Å²) in [4.78, 5) is 25.7. The largest absolute Gasteiger partial charge is 0.366 e. The molecule has 2 amide bonds. The fourth-order valence-electron chi connectivity index (χ4n) is 3.18. The minimum atomic E-state index is -0.434. The Kier molecular flexibility index (Phi) is 4.62. The fourth-order valence-corrected chi connectivity index (χ4v) is 3.18. The summed E-state index contributed by atoms with van der Waals surface area (Å²) in [6, 6.07) is 15.3. The Morgan fingerprint density at radius 1 is 1.12 bits per heavy atom. The van der Waals surface area contributed by atoms with E-state index in [9.17, 15) is 9.59 Å². The Morgan fingerprint density at radius 3 is 2.42 bits per heavy atom. The molecule has 0 radical (unpaired) electrons. The van der Waals surface area contributed by atoms with Gasteiger partial charge < -0.3 is 11.1 Å². The predicted molar refractivity (Wildman–Crippen MR) is 92.2 cm³/mol. The van der Waals surface area contributed by atoms with Crippen LogP contribution >= 0.6 is 0 Å². The van der Waals surface area contributed by atoms with E-state index in [4.69, 9.17) is 5.73 Å². The Morgan fingerprint density at radius 2 is 1.79 bits per heavy atom. The van der Waals surface area contributed by atoms with Crippen molar-refractivity contribution >= 4 is 11.8 Å². The molecule has 0 saturated carbocycles. The van der Waals surface area contributed by atoms with Gasteiger partial charge in [0.1, 0.15) is 0 Å². The van der Waals surface area contributed by atoms with E-state index in [2.05, 4.69) is 22.3 Å². The van der Waals surface area contributed by atoms with Crippen molar-refractivity contribution in [1.29, 1.82) is 0 Å². The van der Waals surface area contributed by atoms with E-state index in [1.165, 1.54) is 11.1 Å². The average Bonchev–Trinajstić information content (AvgIpc) is 2.61. The van der Waals surface area contributed by atoms with Gasteiger partial charge in [0.15, 0.2) is 0 Å². The number of carbonyl (C=O) groups excluding carboxylic acids is 2. The zero-order valence-corrected chi connectivity index (χ0v) is 13.7. The molecule has 3 N–H and O–H groups in total. The first-order valence-electron chi connectivity index (χ1n) is 7.99. The van der Waals surface area contributed by atoms with Crippen LogP contribution in [-0.2, 0) is 24.3 Å². The molecule has 5 nitrogen and oxygen atoms in total. The predicted octanol–water partition coefficient (Wildman–Crippen LogP) is 1.46. The van der Waals surface area contributed by atoms with E-state index in [1.807, 2.05) is 24.3 Å². The number of nitrogens with zero attached hydrogens (tertiary/aromatic N) is 1. The lowest BCUT2D eigenvalue weighted by atomic mass is 9.93. The molecule has 1 atom stereocenters. The Labute approximate surface area is 141 Å². The van der Waals surface area contributed by atoms with Crippen molar-refractivity contribution in [1.82, 2.24) is 10.2 Å². The van der Waals surface area contributed by atoms with Gasteiger partial charge >= 0.3 is 0 Å². The fraction of sp³-hybridized carbons (Fsp3) is 0.263. The first kappa shape index (κ1) is 16.2. The van der Waals surface area contributed by atoms with E-state index in [0.717, 1.165) is 12.1 Å². The summed E-state index contributed by atoms with van der Waals surface area (Å²) in [5.41, 5.74) is 9.30. The van der Waals surface area contributed by atoms with Crippen LogP contribution < -0.4 is 11.1 Å². The molecular weight excluding hydrogens is 302 g/mol. The molecule has 124 valence electrons. The number of likely N-dealkylation sites (N-methyl/N-ethyl adjacent to an activating group) is 1. The molecule has 2 aromatic rings. The molecule has 1 aliphatic rings. The molecular formula is C19H21N3O2. The number of fused-ring (bicyclic) bond motifs is 1. The van der Waals surface area contributed by atoms with E-state index in [0.29, 0.717) is 18.5 Å². The van der Waals surface area contributed by atoms with Crippen molar-refractivity contribution < 1.29 is 9.59 Å². The number of nitrogens with one attached hydrogen (secondary N) is 1. The zero-order valence-electron chi connectivity index (χ0n) is 13.7. The SMILES string of the molecule is CNC(=O)C1Cc2ccccc2CN1Cc1ccc(C(N)=O)cc1. The second kappa shape index (κ2) is 6.84. The van der Waals surface area contributed by atoms with Gasteiger partial charge in [-0.1, -0.05) is 36.4 Å². The van der Waals surface area contributed by atoms with Crippen LogP contribution in [0.1, 0.15) is 27.0 Å². The van der Waals surface area contributed by atoms with Crippen LogP contribution in [0.5, 0.6) is 0 Å². The Bertz CT molecular complexity index is 755. The van der Waals surface area contributed by atoms with Crippen LogP contribution in [0.25, 0.3) is 0 Å². The van der Waals surface area contributed by atoms with Crippen LogP contribution in [0.2, 0.25) is 0 Å². The summed E-state index contributed by atoms with van der Waals surface area (Å²) in [5.74, 6) is -0.407. The van der Waals surface area contributed by atoms with Crippen molar-refractivity contribution in [3.05, 3.63) is 70.8 Å². The third kappa shape index (κ3) is 3.31. The van der Waals surface area contributed by atoms with Gasteiger partial charge in [0.05, 0.1) is 6.04 Å². The summed E-state index contributed by atoms with van der Waals surface area (Å²) in [6.07, 6.45) is 0.704. The second-order valence-electron chi connectivity index (χ2n) is 6.07. The van der Waals surface area contributed by atoms with Gasteiger partial charge in [-0.2, -0.15) is 0 Å². The van der Waals surface area contributed by atoms with Gasteiger partial charge in [0, 0.05) is 25.7 Å². The van der Waals surface area contributed by atoms with Gasteiger partial charge in [-0.05, 0) is 35.2 Å². The highest BCUT2D eigenvalue weighted by Gasteiger charge is 2.30. The van der Waals surface area contributed by atoms with Gasteiger partial charge in [-0.3, -0.25) is 14.5 Å². The van der Waals surface area contributed by atoms with Crippen molar-refractivity contribution in [2.24, 2.45) is 5.73 Å². The average molecular weight is 323 g/mol. The van der Waals surface area contributed by atoms with Crippen LogP contribution in [0.4, 0.5) is 0 Å². The molecule has 0 spiro atoms. The summed E-state index contributed by atoms with van der Waals surface area (Å²) in [6.45, 7) is 1.37. The number of benzene rings is 2. The van der Waals surface area contributed by atoms with E-state index in [-0.39, 0.29) is 11.9 Å². The van der Waals surface area contributed by atoms with Gasteiger partial charge in [-0.15, -0.1) is 0 Å². The minimum absolute atomic E-state index is 0.0262. The molecule has 1 aliphatic heterocycles. The maximum Gasteiger partial charge on any atom is 0.248 e. The summed E-state index contributed by atoms with van der Waals surface area (Å²) in [7, 11) is 1.67. The summed E-state index contributed by atoms with van der Waals surface area (Å²) < 4.78 is 0. The third-order valence-electron chi connectivity index (χ3n) is 4.52. The van der Waals surface area contributed by atoms with Gasteiger partial charge in [0.25, 0.3) is 0 Å². The Balaban J connectivity index is 1.83. The first-order chi connectivity index (χ1) is 11.6. The lowest BCUT2D eigenvalue weighted by Crippen LogP contribution is -2.49. The molecule has 3 rings (SSSR count). The first-order valence-corrected chi connectivity index (χ1v) is 7.99. The summed E-state index contributed by atoms with van der Waals surface area (Å²) in [5, 5.41) is 2.76. The number of carbonyl (C=O) groups is 2. The molecule has 1 unspecified atom stereocenters.